The summed E-state index contributed by atoms with van der Waals surface area (Å²) in [5.74, 6) is -0.114. The van der Waals surface area contributed by atoms with E-state index in [0.717, 1.165) is 22.4 Å². The molecule has 1 atom stereocenters. The Morgan fingerprint density at radius 1 is 1.03 bits per heavy atom. The number of amides is 1. The SMILES string of the molecule is C[C@H]1Cc2ccc(S(N)(=O)=O)cc2N1C(=O)C1CN(c2ccc(-c3ccccc3Cl)cc2)C1. The Balaban J connectivity index is 1.29. The molecule has 0 aliphatic carbocycles. The second-order valence-electron chi connectivity index (χ2n) is 8.73. The van der Waals surface area contributed by atoms with Crippen molar-refractivity contribution in [1.29, 1.82) is 0 Å². The minimum absolute atomic E-state index is 0.0211. The number of hydrogen-bond acceptors (Lipinski definition) is 4. The number of primary sulfonamides is 1. The van der Waals surface area contributed by atoms with Gasteiger partial charge in [0.05, 0.1) is 10.8 Å². The lowest BCUT2D eigenvalue weighted by molar-refractivity contribution is -0.123. The number of halogens is 1. The zero-order valence-corrected chi connectivity index (χ0v) is 19.7. The average molecular weight is 482 g/mol. The third kappa shape index (κ3) is 4.01. The monoisotopic (exact) mass is 481 g/mol. The molecule has 0 aromatic heterocycles. The number of benzene rings is 3. The first-order chi connectivity index (χ1) is 15.7. The Hall–Kier alpha value is -2.87. The van der Waals surface area contributed by atoms with E-state index in [1.807, 2.05) is 55.5 Å². The highest BCUT2D eigenvalue weighted by Crippen LogP contribution is 2.37. The Morgan fingerprint density at radius 2 is 1.73 bits per heavy atom. The van der Waals surface area contributed by atoms with Crippen molar-refractivity contribution < 1.29 is 13.2 Å². The normalized spacial score (nSPS) is 18.2. The molecule has 2 heterocycles. The van der Waals surface area contributed by atoms with Crippen molar-refractivity contribution in [3.8, 4) is 11.1 Å². The van der Waals surface area contributed by atoms with Gasteiger partial charge in [-0.3, -0.25) is 4.79 Å². The lowest BCUT2D eigenvalue weighted by atomic mass is 9.96. The first-order valence-electron chi connectivity index (χ1n) is 10.8. The minimum Gasteiger partial charge on any atom is -0.370 e. The highest BCUT2D eigenvalue weighted by atomic mass is 35.5. The molecule has 0 spiro atoms. The van der Waals surface area contributed by atoms with Gasteiger partial charge in [0.1, 0.15) is 0 Å². The van der Waals surface area contributed by atoms with Crippen molar-refractivity contribution in [3.05, 3.63) is 77.3 Å². The van der Waals surface area contributed by atoms with Gasteiger partial charge in [-0.15, -0.1) is 0 Å². The first-order valence-corrected chi connectivity index (χ1v) is 12.7. The molecule has 170 valence electrons. The molecule has 2 aliphatic rings. The standard InChI is InChI=1S/C25H24ClN3O3S/c1-16-12-18-8-11-21(33(27,31)32)13-24(18)29(16)25(30)19-14-28(15-19)20-9-6-17(7-10-20)22-4-2-3-5-23(22)26/h2-11,13,16,19H,12,14-15H2,1H3,(H2,27,31,32)/t16-/m0/s1. The number of rotatable bonds is 4. The topological polar surface area (TPSA) is 83.7 Å². The van der Waals surface area contributed by atoms with Crippen LogP contribution in [-0.4, -0.2) is 33.5 Å². The zero-order chi connectivity index (χ0) is 23.3. The number of fused-ring (bicyclic) bond motifs is 1. The largest absolute Gasteiger partial charge is 0.370 e. The fourth-order valence-corrected chi connectivity index (χ4v) is 5.47. The van der Waals surface area contributed by atoms with Gasteiger partial charge in [-0.1, -0.05) is 48.0 Å². The molecule has 33 heavy (non-hydrogen) atoms. The smallest absolute Gasteiger partial charge is 0.238 e. The highest BCUT2D eigenvalue weighted by Gasteiger charge is 2.40. The molecule has 5 rings (SSSR count). The van der Waals surface area contributed by atoms with Gasteiger partial charge >= 0.3 is 0 Å². The first kappa shape index (κ1) is 21.9. The maximum Gasteiger partial charge on any atom is 0.238 e. The summed E-state index contributed by atoms with van der Waals surface area (Å²) in [6.45, 7) is 3.23. The Labute approximate surface area is 198 Å². The van der Waals surface area contributed by atoms with E-state index in [2.05, 4.69) is 4.90 Å². The van der Waals surface area contributed by atoms with Crippen LogP contribution in [0.5, 0.6) is 0 Å². The molecule has 3 aromatic carbocycles. The van der Waals surface area contributed by atoms with Crippen LogP contribution < -0.4 is 14.9 Å². The van der Waals surface area contributed by atoms with E-state index in [9.17, 15) is 13.2 Å². The van der Waals surface area contributed by atoms with Crippen molar-refractivity contribution in [2.24, 2.45) is 11.1 Å². The molecule has 8 heteroatoms. The van der Waals surface area contributed by atoms with Crippen LogP contribution in [0.3, 0.4) is 0 Å². The fourth-order valence-electron chi connectivity index (χ4n) is 4.69. The van der Waals surface area contributed by atoms with Crippen LogP contribution >= 0.6 is 11.6 Å². The van der Waals surface area contributed by atoms with Gasteiger partial charge in [0.2, 0.25) is 15.9 Å². The van der Waals surface area contributed by atoms with E-state index in [4.69, 9.17) is 16.7 Å². The highest BCUT2D eigenvalue weighted by molar-refractivity contribution is 7.89. The summed E-state index contributed by atoms with van der Waals surface area (Å²) < 4.78 is 23.6. The van der Waals surface area contributed by atoms with Gasteiger partial charge in [-0.2, -0.15) is 0 Å². The molecular weight excluding hydrogens is 458 g/mol. The molecule has 0 radical (unpaired) electrons. The summed E-state index contributed by atoms with van der Waals surface area (Å²) in [6, 6.07) is 20.7. The Kier molecular flexibility index (Phi) is 5.43. The summed E-state index contributed by atoms with van der Waals surface area (Å²) in [4.78, 5) is 17.3. The molecule has 0 bridgehead atoms. The fraction of sp³-hybridized carbons (Fsp3) is 0.240. The molecule has 1 amide bonds. The van der Waals surface area contributed by atoms with Crippen LogP contribution in [0.15, 0.2) is 71.6 Å². The predicted molar refractivity (Wildman–Crippen MR) is 131 cm³/mol. The molecule has 2 N–H and O–H groups in total. The van der Waals surface area contributed by atoms with E-state index in [-0.39, 0.29) is 22.8 Å². The summed E-state index contributed by atoms with van der Waals surface area (Å²) >= 11 is 6.31. The number of nitrogens with zero attached hydrogens (tertiary/aromatic N) is 2. The summed E-state index contributed by atoms with van der Waals surface area (Å²) in [5.41, 5.74) is 4.71. The maximum absolute atomic E-state index is 13.3. The second kappa shape index (κ2) is 8.17. The number of carbonyl (C=O) groups excluding carboxylic acids is 1. The van der Waals surface area contributed by atoms with E-state index in [0.29, 0.717) is 30.2 Å². The summed E-state index contributed by atoms with van der Waals surface area (Å²) in [5, 5.41) is 6.01. The molecule has 2 aliphatic heterocycles. The Bertz CT molecular complexity index is 1340. The van der Waals surface area contributed by atoms with Gasteiger partial charge in [0.15, 0.2) is 0 Å². The van der Waals surface area contributed by atoms with E-state index < -0.39 is 10.0 Å². The molecule has 0 unspecified atom stereocenters. The summed E-state index contributed by atoms with van der Waals surface area (Å²) in [7, 11) is -3.83. The van der Waals surface area contributed by atoms with Gasteiger partial charge in [-0.25, -0.2) is 13.6 Å². The molecule has 6 nitrogen and oxygen atoms in total. The number of sulfonamides is 1. The number of hydrogen-bond donors (Lipinski definition) is 1. The number of nitrogens with two attached hydrogens (primary N) is 1. The van der Waals surface area contributed by atoms with Crippen molar-refractivity contribution in [1.82, 2.24) is 0 Å². The van der Waals surface area contributed by atoms with Crippen LogP contribution in [0.1, 0.15) is 12.5 Å². The lowest BCUT2D eigenvalue weighted by Gasteiger charge is -2.42. The van der Waals surface area contributed by atoms with Crippen molar-refractivity contribution in [2.45, 2.75) is 24.3 Å². The van der Waals surface area contributed by atoms with Gasteiger partial charge in [0, 0.05) is 41.1 Å². The number of carbonyl (C=O) groups is 1. The van der Waals surface area contributed by atoms with Gasteiger partial charge in [0.25, 0.3) is 0 Å². The van der Waals surface area contributed by atoms with Gasteiger partial charge in [-0.05, 0) is 54.8 Å². The van der Waals surface area contributed by atoms with Crippen molar-refractivity contribution in [2.75, 3.05) is 22.9 Å². The Morgan fingerprint density at radius 3 is 2.39 bits per heavy atom. The van der Waals surface area contributed by atoms with Crippen LogP contribution in [0.25, 0.3) is 11.1 Å². The molecular formula is C25H24ClN3O3S. The minimum atomic E-state index is -3.83. The van der Waals surface area contributed by atoms with Crippen LogP contribution in [0, 0.1) is 5.92 Å². The van der Waals surface area contributed by atoms with Crippen molar-refractivity contribution >= 4 is 38.9 Å². The van der Waals surface area contributed by atoms with E-state index in [1.54, 1.807) is 11.0 Å². The van der Waals surface area contributed by atoms with Crippen LogP contribution in [0.2, 0.25) is 5.02 Å². The average Bonchev–Trinajstić information content (AvgIpc) is 3.08. The molecule has 1 fully saturated rings. The van der Waals surface area contributed by atoms with E-state index >= 15 is 0 Å². The van der Waals surface area contributed by atoms with Gasteiger partial charge < -0.3 is 9.80 Å². The molecule has 0 saturated carbocycles. The van der Waals surface area contributed by atoms with Crippen molar-refractivity contribution in [3.63, 3.8) is 0 Å². The zero-order valence-electron chi connectivity index (χ0n) is 18.1. The van der Waals surface area contributed by atoms with E-state index in [1.165, 1.54) is 12.1 Å². The lowest BCUT2D eigenvalue weighted by Crippen LogP contribution is -2.55. The third-order valence-corrected chi connectivity index (χ3v) is 7.73. The summed E-state index contributed by atoms with van der Waals surface area (Å²) in [6.07, 6.45) is 0.700. The predicted octanol–water partition coefficient (Wildman–Crippen LogP) is 4.07. The van der Waals surface area contributed by atoms with Crippen LogP contribution in [-0.2, 0) is 21.2 Å². The number of anilines is 2. The molecule has 3 aromatic rings. The second-order valence-corrected chi connectivity index (χ2v) is 10.7. The third-order valence-electron chi connectivity index (χ3n) is 6.49. The molecule has 1 saturated heterocycles. The quantitative estimate of drug-likeness (QED) is 0.608. The van der Waals surface area contributed by atoms with Crippen LogP contribution in [0.4, 0.5) is 11.4 Å². The maximum atomic E-state index is 13.3.